The van der Waals surface area contributed by atoms with Gasteiger partial charge < -0.3 is 9.84 Å². The van der Waals surface area contributed by atoms with Crippen molar-refractivity contribution in [1.82, 2.24) is 4.31 Å². The van der Waals surface area contributed by atoms with Crippen molar-refractivity contribution in [3.05, 3.63) is 57.3 Å². The van der Waals surface area contributed by atoms with Crippen LogP contribution in [0.4, 0.5) is 14.9 Å². The predicted molar refractivity (Wildman–Crippen MR) is 114 cm³/mol. The van der Waals surface area contributed by atoms with Crippen molar-refractivity contribution in [3.8, 4) is 0 Å². The highest BCUT2D eigenvalue weighted by molar-refractivity contribution is 7.89. The van der Waals surface area contributed by atoms with Crippen LogP contribution in [0.3, 0.4) is 0 Å². The van der Waals surface area contributed by atoms with Crippen LogP contribution in [0.5, 0.6) is 0 Å². The van der Waals surface area contributed by atoms with Gasteiger partial charge in [0, 0.05) is 29.7 Å². The van der Waals surface area contributed by atoms with Crippen LogP contribution in [0, 0.1) is 5.82 Å². The van der Waals surface area contributed by atoms with Crippen molar-refractivity contribution in [1.29, 1.82) is 0 Å². The second-order valence-corrected chi connectivity index (χ2v) is 10.1. The van der Waals surface area contributed by atoms with Crippen LogP contribution in [0.15, 0.2) is 35.2 Å². The summed E-state index contributed by atoms with van der Waals surface area (Å²) in [5.41, 5.74) is 0.782. The molecule has 1 amide bonds. The first-order valence-corrected chi connectivity index (χ1v) is 11.8. The van der Waals surface area contributed by atoms with Gasteiger partial charge in [-0.1, -0.05) is 29.3 Å². The van der Waals surface area contributed by atoms with E-state index < -0.39 is 43.4 Å². The summed E-state index contributed by atoms with van der Waals surface area (Å²) in [5, 5.41) is 9.26. The molecule has 2 aliphatic rings. The maximum atomic E-state index is 14.4. The molecule has 0 unspecified atom stereocenters. The lowest BCUT2D eigenvalue weighted by molar-refractivity contribution is 0.0696. The summed E-state index contributed by atoms with van der Waals surface area (Å²) in [7, 11) is -4.32. The quantitative estimate of drug-likeness (QED) is 0.673. The molecule has 1 saturated heterocycles. The normalized spacial score (nSPS) is 17.7. The van der Waals surface area contributed by atoms with Crippen LogP contribution >= 0.6 is 23.2 Å². The van der Waals surface area contributed by atoms with E-state index >= 15 is 0 Å². The highest BCUT2D eigenvalue weighted by Gasteiger charge is 2.38. The Kier molecular flexibility index (Phi) is 6.06. The topological polar surface area (TPSA) is 104 Å². The Hall–Kier alpha value is -2.40. The van der Waals surface area contributed by atoms with Crippen LogP contribution in [0.25, 0.3) is 0 Å². The molecule has 0 aromatic heterocycles. The lowest BCUT2D eigenvalue weighted by Crippen LogP contribution is -2.50. The molecular formula is C20H17Cl2FN2O6S. The van der Waals surface area contributed by atoms with Crippen LogP contribution in [-0.4, -0.2) is 49.0 Å². The lowest BCUT2D eigenvalue weighted by Gasteiger charge is -2.40. The Morgan fingerprint density at radius 2 is 1.84 bits per heavy atom. The summed E-state index contributed by atoms with van der Waals surface area (Å²) in [5.74, 6) is -2.60. The number of anilines is 1. The van der Waals surface area contributed by atoms with E-state index in [0.717, 1.165) is 10.4 Å². The number of rotatable bonds is 4. The minimum Gasteiger partial charge on any atom is -0.478 e. The van der Waals surface area contributed by atoms with E-state index in [2.05, 4.69) is 0 Å². The monoisotopic (exact) mass is 502 g/mol. The zero-order valence-electron chi connectivity index (χ0n) is 16.4. The zero-order chi connectivity index (χ0) is 23.2. The number of nitrogens with zero attached hydrogens (tertiary/aromatic N) is 2. The summed E-state index contributed by atoms with van der Waals surface area (Å²) < 4.78 is 46.7. The third-order valence-corrected chi connectivity index (χ3v) is 8.13. The fraction of sp³-hybridized carbons (Fsp3) is 0.300. The van der Waals surface area contributed by atoms with Crippen molar-refractivity contribution >= 4 is 51.0 Å². The average Bonchev–Trinajstić information content (AvgIpc) is 2.73. The van der Waals surface area contributed by atoms with Crippen LogP contribution < -0.4 is 4.90 Å². The SMILES string of the molecule is O=C(O)c1cc(S(=O)(=O)N2CCC(N3C(=O)OCc4c(Cl)cccc43)CC2)c(F)cc1Cl. The number of benzene rings is 2. The number of amides is 1. The Bertz CT molecular complexity index is 1210. The van der Waals surface area contributed by atoms with Crippen LogP contribution in [0.2, 0.25) is 10.0 Å². The molecule has 2 aliphatic heterocycles. The number of hydrogen-bond acceptors (Lipinski definition) is 5. The molecule has 0 spiro atoms. The number of carbonyl (C=O) groups excluding carboxylic acids is 1. The number of ether oxygens (including phenoxy) is 1. The van der Waals surface area contributed by atoms with E-state index in [-0.39, 0.29) is 38.6 Å². The Morgan fingerprint density at radius 1 is 1.16 bits per heavy atom. The number of piperidine rings is 1. The molecule has 12 heteroatoms. The molecule has 2 aromatic rings. The molecule has 0 radical (unpaired) electrons. The summed E-state index contributed by atoms with van der Waals surface area (Å²) in [6, 6.07) is 6.21. The first kappa shape index (κ1) is 22.8. The van der Waals surface area contributed by atoms with Crippen molar-refractivity contribution < 1.29 is 32.2 Å². The first-order valence-electron chi connectivity index (χ1n) is 9.57. The predicted octanol–water partition coefficient (Wildman–Crippen LogP) is 4.14. The molecule has 0 aliphatic carbocycles. The van der Waals surface area contributed by atoms with Gasteiger partial charge in [0.15, 0.2) is 0 Å². The summed E-state index contributed by atoms with van der Waals surface area (Å²) >= 11 is 11.9. The van der Waals surface area contributed by atoms with Gasteiger partial charge in [0.2, 0.25) is 10.0 Å². The second kappa shape index (κ2) is 8.51. The minimum atomic E-state index is -4.32. The van der Waals surface area contributed by atoms with E-state index in [1.807, 2.05) is 0 Å². The van der Waals surface area contributed by atoms with Gasteiger partial charge in [0.05, 0.1) is 16.3 Å². The maximum Gasteiger partial charge on any atom is 0.414 e. The van der Waals surface area contributed by atoms with E-state index in [1.165, 1.54) is 4.90 Å². The Labute approximate surface area is 193 Å². The molecular weight excluding hydrogens is 486 g/mol. The number of sulfonamides is 1. The smallest absolute Gasteiger partial charge is 0.414 e. The van der Waals surface area contributed by atoms with Crippen molar-refractivity contribution in [2.45, 2.75) is 30.4 Å². The van der Waals surface area contributed by atoms with Crippen molar-refractivity contribution in [2.24, 2.45) is 0 Å². The minimum absolute atomic E-state index is 0.00283. The number of cyclic esters (lactones) is 1. The highest BCUT2D eigenvalue weighted by atomic mass is 35.5. The van der Waals surface area contributed by atoms with Crippen LogP contribution in [0.1, 0.15) is 28.8 Å². The van der Waals surface area contributed by atoms with E-state index in [1.54, 1.807) is 18.2 Å². The zero-order valence-corrected chi connectivity index (χ0v) is 18.8. The summed E-state index contributed by atoms with van der Waals surface area (Å²) in [6.45, 7) is 0.0492. The molecule has 2 aromatic carbocycles. The number of hydrogen-bond donors (Lipinski definition) is 1. The number of carboxylic acid groups (broad SMARTS) is 1. The summed E-state index contributed by atoms with van der Waals surface area (Å²) in [6.07, 6.45) is -0.0151. The number of halogens is 3. The third-order valence-electron chi connectivity index (χ3n) is 5.55. The molecule has 1 N–H and O–H groups in total. The van der Waals surface area contributed by atoms with Gasteiger partial charge in [0.1, 0.15) is 17.3 Å². The Balaban J connectivity index is 1.57. The molecule has 2 heterocycles. The molecule has 1 fully saturated rings. The van der Waals surface area contributed by atoms with Gasteiger partial charge in [-0.3, -0.25) is 4.90 Å². The van der Waals surface area contributed by atoms with E-state index in [4.69, 9.17) is 27.9 Å². The van der Waals surface area contributed by atoms with Crippen molar-refractivity contribution in [3.63, 3.8) is 0 Å². The molecule has 4 rings (SSSR count). The van der Waals surface area contributed by atoms with Crippen molar-refractivity contribution in [2.75, 3.05) is 18.0 Å². The Morgan fingerprint density at radius 3 is 2.50 bits per heavy atom. The molecule has 8 nitrogen and oxygen atoms in total. The number of aromatic carboxylic acids is 1. The van der Waals surface area contributed by atoms with Gasteiger partial charge in [-0.2, -0.15) is 4.31 Å². The number of carbonyl (C=O) groups is 2. The molecule has 0 atom stereocenters. The average molecular weight is 503 g/mol. The van der Waals surface area contributed by atoms with Gasteiger partial charge in [-0.15, -0.1) is 0 Å². The molecule has 170 valence electrons. The molecule has 0 saturated carbocycles. The highest BCUT2D eigenvalue weighted by Crippen LogP contribution is 2.36. The van der Waals surface area contributed by atoms with Gasteiger partial charge in [-0.25, -0.2) is 22.4 Å². The van der Waals surface area contributed by atoms with Crippen LogP contribution in [-0.2, 0) is 21.4 Å². The lowest BCUT2D eigenvalue weighted by atomic mass is 10.0. The van der Waals surface area contributed by atoms with E-state index in [0.29, 0.717) is 22.3 Å². The van der Waals surface area contributed by atoms with Gasteiger partial charge in [-0.05, 0) is 37.1 Å². The molecule has 32 heavy (non-hydrogen) atoms. The standard InChI is InChI=1S/C20H17Cl2FN2O6S/c21-14-2-1-3-17-13(14)10-31-20(28)25(17)11-4-6-24(7-5-11)32(29,30)18-8-12(19(26)27)15(22)9-16(18)23/h1-3,8-9,11H,4-7,10H2,(H,26,27). The van der Waals surface area contributed by atoms with Gasteiger partial charge in [0.25, 0.3) is 0 Å². The summed E-state index contributed by atoms with van der Waals surface area (Å²) in [4.78, 5) is 24.5. The number of fused-ring (bicyclic) bond motifs is 1. The largest absolute Gasteiger partial charge is 0.478 e. The maximum absolute atomic E-state index is 14.4. The fourth-order valence-electron chi connectivity index (χ4n) is 3.93. The fourth-order valence-corrected chi connectivity index (χ4v) is 5.93. The first-order chi connectivity index (χ1) is 15.1. The van der Waals surface area contributed by atoms with Gasteiger partial charge >= 0.3 is 12.1 Å². The number of carboxylic acids is 1. The second-order valence-electron chi connectivity index (χ2n) is 7.36. The third kappa shape index (κ3) is 3.92. The molecule has 0 bridgehead atoms. The van der Waals surface area contributed by atoms with E-state index in [9.17, 15) is 27.5 Å².